The first kappa shape index (κ1) is 13.4. The number of rotatable bonds is 3. The van der Waals surface area contributed by atoms with Crippen molar-refractivity contribution >= 4 is 21.6 Å². The molecule has 4 heteroatoms. The molecule has 0 amide bonds. The molecule has 1 heterocycles. The van der Waals surface area contributed by atoms with Crippen LogP contribution in [0.1, 0.15) is 18.4 Å². The average Bonchev–Trinajstić information content (AvgIpc) is 2.39. The molecule has 1 aromatic rings. The van der Waals surface area contributed by atoms with Crippen molar-refractivity contribution in [2.24, 2.45) is 5.92 Å². The zero-order chi connectivity index (χ0) is 13.0. The van der Waals surface area contributed by atoms with Gasteiger partial charge in [-0.3, -0.25) is 0 Å². The number of piperidine rings is 1. The van der Waals surface area contributed by atoms with Crippen molar-refractivity contribution in [1.82, 2.24) is 0 Å². The molecular formula is C14H17BrN2O. The van der Waals surface area contributed by atoms with E-state index in [4.69, 9.17) is 4.74 Å². The minimum Gasteiger partial charge on any atom is -0.384 e. The third-order valence-corrected chi connectivity index (χ3v) is 3.84. The van der Waals surface area contributed by atoms with E-state index in [0.29, 0.717) is 5.92 Å². The zero-order valence-electron chi connectivity index (χ0n) is 10.5. The van der Waals surface area contributed by atoms with E-state index in [-0.39, 0.29) is 0 Å². The number of nitriles is 1. The first-order valence-corrected chi connectivity index (χ1v) is 6.97. The van der Waals surface area contributed by atoms with E-state index in [1.807, 2.05) is 18.2 Å². The Hall–Kier alpha value is -1.05. The molecule has 0 saturated carbocycles. The maximum atomic E-state index is 9.19. The van der Waals surface area contributed by atoms with Gasteiger partial charge in [0, 0.05) is 24.7 Å². The topological polar surface area (TPSA) is 36.3 Å². The maximum absolute atomic E-state index is 9.19. The summed E-state index contributed by atoms with van der Waals surface area (Å²) in [6, 6.07) is 8.10. The molecular weight excluding hydrogens is 292 g/mol. The highest BCUT2D eigenvalue weighted by atomic mass is 79.9. The quantitative estimate of drug-likeness (QED) is 0.860. The molecule has 96 valence electrons. The average molecular weight is 309 g/mol. The second-order valence-electron chi connectivity index (χ2n) is 4.68. The molecule has 1 unspecified atom stereocenters. The molecule has 1 aliphatic heterocycles. The van der Waals surface area contributed by atoms with Gasteiger partial charge in [-0.2, -0.15) is 5.26 Å². The summed E-state index contributed by atoms with van der Waals surface area (Å²) in [6.07, 6.45) is 2.37. The molecule has 0 N–H and O–H groups in total. The van der Waals surface area contributed by atoms with Crippen molar-refractivity contribution < 1.29 is 4.74 Å². The summed E-state index contributed by atoms with van der Waals surface area (Å²) >= 11 is 3.48. The summed E-state index contributed by atoms with van der Waals surface area (Å²) in [6.45, 7) is 2.79. The third-order valence-electron chi connectivity index (χ3n) is 3.34. The summed E-state index contributed by atoms with van der Waals surface area (Å²) < 4.78 is 6.26. The van der Waals surface area contributed by atoms with Crippen LogP contribution in [0.2, 0.25) is 0 Å². The first-order chi connectivity index (χ1) is 8.74. The Bertz CT molecular complexity index is 454. The second kappa shape index (κ2) is 6.21. The Balaban J connectivity index is 2.20. The Morgan fingerprint density at radius 1 is 1.56 bits per heavy atom. The largest absolute Gasteiger partial charge is 0.384 e. The van der Waals surface area contributed by atoms with Crippen molar-refractivity contribution in [2.75, 3.05) is 31.7 Å². The third kappa shape index (κ3) is 3.04. The molecule has 18 heavy (non-hydrogen) atoms. The normalized spacial score (nSPS) is 19.6. The van der Waals surface area contributed by atoms with Gasteiger partial charge in [-0.1, -0.05) is 15.9 Å². The van der Waals surface area contributed by atoms with Crippen LogP contribution in [0.5, 0.6) is 0 Å². The zero-order valence-corrected chi connectivity index (χ0v) is 12.1. The molecule has 0 spiro atoms. The Labute approximate surface area is 116 Å². The van der Waals surface area contributed by atoms with Crippen molar-refractivity contribution in [3.8, 4) is 6.07 Å². The number of halogens is 1. The van der Waals surface area contributed by atoms with Crippen LogP contribution in [0.15, 0.2) is 22.7 Å². The summed E-state index contributed by atoms with van der Waals surface area (Å²) in [4.78, 5) is 2.30. The lowest BCUT2D eigenvalue weighted by molar-refractivity contribution is 0.143. The standard InChI is InChI=1S/C14H17BrN2O/c1-18-10-11-3-2-6-17(9-11)14-7-13(15)5-4-12(14)8-16/h4-5,7,11H,2-3,6,9-10H2,1H3. The summed E-state index contributed by atoms with van der Waals surface area (Å²) in [5, 5.41) is 9.19. The predicted octanol–water partition coefficient (Wildman–Crippen LogP) is 3.18. The van der Waals surface area contributed by atoms with Crippen molar-refractivity contribution in [3.63, 3.8) is 0 Å². The molecule has 0 aromatic heterocycles. The van der Waals surface area contributed by atoms with Gasteiger partial charge in [0.25, 0.3) is 0 Å². The van der Waals surface area contributed by atoms with E-state index in [9.17, 15) is 5.26 Å². The van der Waals surface area contributed by atoms with Crippen LogP contribution in [-0.2, 0) is 4.74 Å². The number of benzene rings is 1. The van der Waals surface area contributed by atoms with Crippen LogP contribution in [0.25, 0.3) is 0 Å². The van der Waals surface area contributed by atoms with E-state index in [1.165, 1.54) is 6.42 Å². The fraction of sp³-hybridized carbons (Fsp3) is 0.500. The number of hydrogen-bond donors (Lipinski definition) is 0. The highest BCUT2D eigenvalue weighted by molar-refractivity contribution is 9.10. The molecule has 0 radical (unpaired) electrons. The van der Waals surface area contributed by atoms with Crippen molar-refractivity contribution in [2.45, 2.75) is 12.8 Å². The highest BCUT2D eigenvalue weighted by Crippen LogP contribution is 2.28. The molecule has 1 saturated heterocycles. The fourth-order valence-corrected chi connectivity index (χ4v) is 2.87. The molecule has 1 fully saturated rings. The summed E-state index contributed by atoms with van der Waals surface area (Å²) in [5.74, 6) is 0.564. The van der Waals surface area contributed by atoms with E-state index in [0.717, 1.165) is 41.8 Å². The van der Waals surface area contributed by atoms with Gasteiger partial charge in [-0.25, -0.2) is 0 Å². The number of hydrogen-bond acceptors (Lipinski definition) is 3. The van der Waals surface area contributed by atoms with Gasteiger partial charge in [0.2, 0.25) is 0 Å². The second-order valence-corrected chi connectivity index (χ2v) is 5.60. The van der Waals surface area contributed by atoms with E-state index in [2.05, 4.69) is 26.9 Å². The number of ether oxygens (including phenoxy) is 1. The Kier molecular flexibility index (Phi) is 4.62. The summed E-state index contributed by atoms with van der Waals surface area (Å²) in [5.41, 5.74) is 1.78. The lowest BCUT2D eigenvalue weighted by atomic mass is 9.98. The fourth-order valence-electron chi connectivity index (χ4n) is 2.52. The maximum Gasteiger partial charge on any atom is 0.101 e. The smallest absolute Gasteiger partial charge is 0.101 e. The van der Waals surface area contributed by atoms with Gasteiger partial charge in [-0.05, 0) is 37.0 Å². The lowest BCUT2D eigenvalue weighted by Gasteiger charge is -2.34. The van der Waals surface area contributed by atoms with Crippen LogP contribution in [0.4, 0.5) is 5.69 Å². The van der Waals surface area contributed by atoms with Crippen LogP contribution in [-0.4, -0.2) is 26.8 Å². The van der Waals surface area contributed by atoms with Crippen LogP contribution < -0.4 is 4.90 Å². The van der Waals surface area contributed by atoms with Gasteiger partial charge in [0.15, 0.2) is 0 Å². The predicted molar refractivity (Wildman–Crippen MR) is 75.7 cm³/mol. The molecule has 2 rings (SSSR count). The minimum atomic E-state index is 0.564. The molecule has 1 aliphatic rings. The van der Waals surface area contributed by atoms with Crippen LogP contribution >= 0.6 is 15.9 Å². The number of anilines is 1. The van der Waals surface area contributed by atoms with Gasteiger partial charge in [0.05, 0.1) is 17.9 Å². The van der Waals surface area contributed by atoms with Crippen LogP contribution in [0.3, 0.4) is 0 Å². The highest BCUT2D eigenvalue weighted by Gasteiger charge is 2.21. The van der Waals surface area contributed by atoms with E-state index >= 15 is 0 Å². The molecule has 0 bridgehead atoms. The monoisotopic (exact) mass is 308 g/mol. The van der Waals surface area contributed by atoms with Gasteiger partial charge >= 0.3 is 0 Å². The van der Waals surface area contributed by atoms with Crippen molar-refractivity contribution in [1.29, 1.82) is 5.26 Å². The molecule has 0 aliphatic carbocycles. The van der Waals surface area contributed by atoms with Gasteiger partial charge in [0.1, 0.15) is 6.07 Å². The lowest BCUT2D eigenvalue weighted by Crippen LogP contribution is -2.37. The van der Waals surface area contributed by atoms with Crippen molar-refractivity contribution in [3.05, 3.63) is 28.2 Å². The molecule has 1 aromatic carbocycles. The number of nitrogens with zero attached hydrogens (tertiary/aromatic N) is 2. The van der Waals surface area contributed by atoms with Gasteiger partial charge in [-0.15, -0.1) is 0 Å². The van der Waals surface area contributed by atoms with Gasteiger partial charge < -0.3 is 9.64 Å². The van der Waals surface area contributed by atoms with E-state index in [1.54, 1.807) is 7.11 Å². The number of methoxy groups -OCH3 is 1. The molecule has 3 nitrogen and oxygen atoms in total. The SMILES string of the molecule is COCC1CCCN(c2cc(Br)ccc2C#N)C1. The van der Waals surface area contributed by atoms with Crippen LogP contribution in [0, 0.1) is 17.2 Å². The summed E-state index contributed by atoms with van der Waals surface area (Å²) in [7, 11) is 1.75. The minimum absolute atomic E-state index is 0.564. The Morgan fingerprint density at radius 3 is 3.11 bits per heavy atom. The molecule has 1 atom stereocenters. The first-order valence-electron chi connectivity index (χ1n) is 6.18. The van der Waals surface area contributed by atoms with E-state index < -0.39 is 0 Å². The Morgan fingerprint density at radius 2 is 2.39 bits per heavy atom.